The van der Waals surface area contributed by atoms with Crippen LogP contribution in [0.15, 0.2) is 18.2 Å². The number of hydrogen-bond acceptors (Lipinski definition) is 3. The van der Waals surface area contributed by atoms with Crippen LogP contribution >= 0.6 is 11.6 Å². The van der Waals surface area contributed by atoms with Gasteiger partial charge in [0.15, 0.2) is 0 Å². The minimum atomic E-state index is -0.686. The van der Waals surface area contributed by atoms with Crippen LogP contribution in [0.2, 0.25) is 5.02 Å². The van der Waals surface area contributed by atoms with E-state index in [0.717, 1.165) is 47.6 Å². The van der Waals surface area contributed by atoms with E-state index >= 15 is 0 Å². The quantitative estimate of drug-likeness (QED) is 0.689. The molecule has 164 valence electrons. The largest absolute Gasteiger partial charge is 0.448 e. The molecule has 1 fully saturated rings. The maximum absolute atomic E-state index is 13.3. The Kier molecular flexibility index (Phi) is 6.54. The predicted molar refractivity (Wildman–Crippen MR) is 118 cm³/mol. The van der Waals surface area contributed by atoms with Gasteiger partial charge in [0.05, 0.1) is 6.04 Å². The first-order valence-electron chi connectivity index (χ1n) is 11.0. The van der Waals surface area contributed by atoms with E-state index in [2.05, 4.69) is 23.7 Å². The predicted octanol–water partition coefficient (Wildman–Crippen LogP) is 5.34. The summed E-state index contributed by atoms with van der Waals surface area (Å²) in [5.41, 5.74) is 3.43. The second-order valence-electron chi connectivity index (χ2n) is 8.93. The minimum Gasteiger partial charge on any atom is -0.448 e. The smallest absolute Gasteiger partial charge is 0.410 e. The number of nitrogens with zero attached hydrogens (tertiary/aromatic N) is 2. The zero-order valence-corrected chi connectivity index (χ0v) is 18.6. The average molecular weight is 436 g/mol. The number of hydrogen-bond donors (Lipinski definition) is 1. The fourth-order valence-electron chi connectivity index (χ4n) is 4.72. The molecular weight excluding hydrogens is 405 g/mol. The second-order valence-corrected chi connectivity index (χ2v) is 9.36. The summed E-state index contributed by atoms with van der Waals surface area (Å²) in [5, 5.41) is 1.87. The average Bonchev–Trinajstić information content (AvgIpc) is 3.07. The Labute approximate surface area is 182 Å². The van der Waals surface area contributed by atoms with E-state index in [1.165, 1.54) is 5.56 Å². The van der Waals surface area contributed by atoms with Crippen LogP contribution < -0.4 is 0 Å². The summed E-state index contributed by atoms with van der Waals surface area (Å²) in [4.78, 5) is 20.5. The number of ether oxygens (including phenoxy) is 1. The third-order valence-electron chi connectivity index (χ3n) is 6.29. The number of rotatable bonds is 5. The van der Waals surface area contributed by atoms with Crippen molar-refractivity contribution in [3.8, 4) is 0 Å². The number of likely N-dealkylation sites (tertiary alicyclic amines) is 1. The topological polar surface area (TPSA) is 48.6 Å². The number of aromatic amines is 1. The number of nitrogens with one attached hydrogen (secondary N) is 1. The number of fused-ring (bicyclic) bond motifs is 3. The van der Waals surface area contributed by atoms with Crippen molar-refractivity contribution in [1.29, 1.82) is 0 Å². The van der Waals surface area contributed by atoms with Gasteiger partial charge in [-0.3, -0.25) is 9.80 Å². The molecule has 1 amide bonds. The van der Waals surface area contributed by atoms with E-state index in [9.17, 15) is 9.18 Å². The van der Waals surface area contributed by atoms with Gasteiger partial charge in [0, 0.05) is 47.8 Å². The first-order chi connectivity index (χ1) is 14.4. The lowest BCUT2D eigenvalue weighted by molar-refractivity contribution is 0.0617. The van der Waals surface area contributed by atoms with Crippen LogP contribution in [0, 0.1) is 5.92 Å². The highest BCUT2D eigenvalue weighted by molar-refractivity contribution is 6.31. The molecule has 1 N–H and O–H groups in total. The highest BCUT2D eigenvalue weighted by Crippen LogP contribution is 2.38. The van der Waals surface area contributed by atoms with E-state index < -0.39 is 6.17 Å². The first-order valence-corrected chi connectivity index (χ1v) is 11.4. The number of carbonyl (C=O) groups is 1. The van der Waals surface area contributed by atoms with Gasteiger partial charge >= 0.3 is 6.09 Å². The van der Waals surface area contributed by atoms with Crippen LogP contribution in [0.3, 0.4) is 0 Å². The van der Waals surface area contributed by atoms with E-state index in [1.54, 1.807) is 0 Å². The molecule has 3 heterocycles. The molecule has 1 aromatic carbocycles. The van der Waals surface area contributed by atoms with Crippen molar-refractivity contribution in [1.82, 2.24) is 14.8 Å². The lowest BCUT2D eigenvalue weighted by Gasteiger charge is -2.36. The van der Waals surface area contributed by atoms with Gasteiger partial charge in [-0.25, -0.2) is 9.18 Å². The highest BCUT2D eigenvalue weighted by atomic mass is 35.5. The number of amides is 1. The minimum absolute atomic E-state index is 0.0327. The molecule has 0 radical (unpaired) electrons. The van der Waals surface area contributed by atoms with Crippen LogP contribution in [0.25, 0.3) is 10.9 Å². The maximum atomic E-state index is 13.3. The third-order valence-corrected chi connectivity index (χ3v) is 6.53. The SMILES string of the molecule is CC(C)CC1c2[nH]c3ccc(Cl)cc3c2CCN1C(=O)OCCN1CCC(F)CC1. The van der Waals surface area contributed by atoms with Crippen molar-refractivity contribution < 1.29 is 13.9 Å². The summed E-state index contributed by atoms with van der Waals surface area (Å²) < 4.78 is 18.9. The molecule has 0 aliphatic carbocycles. The Morgan fingerprint density at radius 3 is 2.80 bits per heavy atom. The Morgan fingerprint density at radius 2 is 2.07 bits per heavy atom. The number of benzene rings is 1. The molecule has 30 heavy (non-hydrogen) atoms. The number of aromatic nitrogens is 1. The Balaban J connectivity index is 1.46. The van der Waals surface area contributed by atoms with Crippen molar-refractivity contribution in [2.75, 3.05) is 32.8 Å². The molecule has 2 aliphatic rings. The molecule has 0 spiro atoms. The van der Waals surface area contributed by atoms with Crippen molar-refractivity contribution in [3.63, 3.8) is 0 Å². The third kappa shape index (κ3) is 4.59. The highest BCUT2D eigenvalue weighted by Gasteiger charge is 2.34. The number of piperidine rings is 1. The first kappa shape index (κ1) is 21.4. The molecule has 1 saturated heterocycles. The van der Waals surface area contributed by atoms with Gasteiger partial charge in [0.1, 0.15) is 12.8 Å². The molecule has 0 bridgehead atoms. The Morgan fingerprint density at radius 1 is 1.30 bits per heavy atom. The summed E-state index contributed by atoms with van der Waals surface area (Å²) in [5.74, 6) is 0.438. The van der Waals surface area contributed by atoms with Gasteiger partial charge in [-0.1, -0.05) is 25.4 Å². The zero-order valence-electron chi connectivity index (χ0n) is 17.8. The van der Waals surface area contributed by atoms with Crippen molar-refractivity contribution in [3.05, 3.63) is 34.5 Å². The van der Waals surface area contributed by atoms with Crippen LogP contribution in [-0.4, -0.2) is 59.8 Å². The van der Waals surface area contributed by atoms with Gasteiger partial charge in [0.2, 0.25) is 0 Å². The fourth-order valence-corrected chi connectivity index (χ4v) is 4.89. The van der Waals surface area contributed by atoms with Gasteiger partial charge in [-0.2, -0.15) is 0 Å². The summed E-state index contributed by atoms with van der Waals surface area (Å²) in [6.07, 6.45) is 1.85. The molecule has 5 nitrogen and oxygen atoms in total. The number of halogens is 2. The molecule has 4 rings (SSSR count). The summed E-state index contributed by atoms with van der Waals surface area (Å²) >= 11 is 6.22. The van der Waals surface area contributed by atoms with E-state index in [-0.39, 0.29) is 12.1 Å². The molecule has 7 heteroatoms. The van der Waals surface area contributed by atoms with Gasteiger partial charge in [-0.15, -0.1) is 0 Å². The summed E-state index contributed by atoms with van der Waals surface area (Å²) in [7, 11) is 0. The molecule has 0 saturated carbocycles. The van der Waals surface area contributed by atoms with Crippen LogP contribution in [0.4, 0.5) is 9.18 Å². The lowest BCUT2D eigenvalue weighted by Crippen LogP contribution is -2.42. The number of alkyl halides is 1. The molecule has 2 aromatic rings. The molecule has 1 atom stereocenters. The fraction of sp³-hybridized carbons (Fsp3) is 0.609. The maximum Gasteiger partial charge on any atom is 0.410 e. The van der Waals surface area contributed by atoms with E-state index in [4.69, 9.17) is 16.3 Å². The lowest BCUT2D eigenvalue weighted by atomic mass is 9.92. The van der Waals surface area contributed by atoms with Crippen LogP contribution in [-0.2, 0) is 11.2 Å². The second kappa shape index (κ2) is 9.15. The van der Waals surface area contributed by atoms with E-state index in [0.29, 0.717) is 38.5 Å². The number of carbonyl (C=O) groups excluding carboxylic acids is 1. The van der Waals surface area contributed by atoms with Crippen molar-refractivity contribution in [2.45, 2.75) is 51.7 Å². The van der Waals surface area contributed by atoms with Crippen LogP contribution in [0.1, 0.15) is 50.4 Å². The summed E-state index contributed by atoms with van der Waals surface area (Å²) in [6.45, 7) is 7.46. The standard InChI is InChI=1S/C23H31ClFN3O2/c1-15(2)13-21-22-18(19-14-16(24)3-4-20(19)26-22)7-10-28(21)23(29)30-12-11-27-8-5-17(25)6-9-27/h3-4,14-15,17,21,26H,5-13H2,1-2H3. The molecule has 1 unspecified atom stereocenters. The monoisotopic (exact) mass is 435 g/mol. The normalized spacial score (nSPS) is 20.7. The Bertz CT molecular complexity index is 892. The van der Waals surface area contributed by atoms with E-state index in [1.807, 2.05) is 23.1 Å². The molecule has 2 aliphatic heterocycles. The van der Waals surface area contributed by atoms with Gasteiger partial charge in [-0.05, 0) is 55.4 Å². The molecule has 1 aromatic heterocycles. The zero-order chi connectivity index (χ0) is 21.3. The van der Waals surface area contributed by atoms with Crippen molar-refractivity contribution >= 4 is 28.6 Å². The van der Waals surface area contributed by atoms with Crippen molar-refractivity contribution in [2.24, 2.45) is 5.92 Å². The number of H-pyrrole nitrogens is 1. The van der Waals surface area contributed by atoms with Gasteiger partial charge < -0.3 is 9.72 Å². The Hall–Kier alpha value is -1.79. The van der Waals surface area contributed by atoms with Gasteiger partial charge in [0.25, 0.3) is 0 Å². The molecular formula is C23H31ClFN3O2. The summed E-state index contributed by atoms with van der Waals surface area (Å²) in [6, 6.07) is 5.87. The van der Waals surface area contributed by atoms with Crippen LogP contribution in [0.5, 0.6) is 0 Å².